The highest BCUT2D eigenvalue weighted by Gasteiger charge is 2.20. The van der Waals surface area contributed by atoms with Gasteiger partial charge in [0.1, 0.15) is 0 Å². The number of sulfonamides is 1. The number of piperidine rings is 1. The van der Waals surface area contributed by atoms with Crippen LogP contribution in [0.15, 0.2) is 41.3 Å². The molecule has 0 bridgehead atoms. The van der Waals surface area contributed by atoms with E-state index in [1.807, 2.05) is 26.0 Å². The molecule has 168 valence electrons. The quantitative estimate of drug-likeness (QED) is 0.681. The minimum absolute atomic E-state index is 0.119. The molecule has 1 heterocycles. The van der Waals surface area contributed by atoms with Gasteiger partial charge in [0.15, 0.2) is 0 Å². The van der Waals surface area contributed by atoms with Crippen LogP contribution < -0.4 is 10.0 Å². The summed E-state index contributed by atoms with van der Waals surface area (Å²) >= 11 is 0. The molecule has 0 saturated carbocycles. The molecule has 2 aromatic rings. The number of hydrogen-bond acceptors (Lipinski definition) is 4. The fourth-order valence-electron chi connectivity index (χ4n) is 3.89. The first-order valence-electron chi connectivity index (χ1n) is 10.8. The van der Waals surface area contributed by atoms with Crippen molar-refractivity contribution in [1.29, 1.82) is 0 Å². The van der Waals surface area contributed by atoms with Crippen LogP contribution in [-0.4, -0.2) is 45.9 Å². The number of carbonyl (C=O) groups is 1. The first-order valence-corrected chi connectivity index (χ1v) is 12.3. The SMILES string of the molecule is Cc1ccc(NS(=O)(=O)c2cc(C(=O)NCCC3CCN(C)CC3)ccc2C)cc1C. The molecule has 1 aliphatic heterocycles. The van der Waals surface area contributed by atoms with E-state index < -0.39 is 10.0 Å². The Kier molecular flexibility index (Phi) is 7.38. The zero-order valence-corrected chi connectivity index (χ0v) is 19.7. The Balaban J connectivity index is 1.67. The number of benzene rings is 2. The molecule has 1 amide bonds. The van der Waals surface area contributed by atoms with Crippen molar-refractivity contribution >= 4 is 21.6 Å². The predicted molar refractivity (Wildman–Crippen MR) is 125 cm³/mol. The zero-order valence-electron chi connectivity index (χ0n) is 18.9. The molecule has 2 N–H and O–H groups in total. The minimum Gasteiger partial charge on any atom is -0.352 e. The van der Waals surface area contributed by atoms with E-state index in [9.17, 15) is 13.2 Å². The van der Waals surface area contributed by atoms with Crippen molar-refractivity contribution in [2.24, 2.45) is 5.92 Å². The molecule has 0 unspecified atom stereocenters. The van der Waals surface area contributed by atoms with E-state index in [1.54, 1.807) is 25.1 Å². The van der Waals surface area contributed by atoms with Crippen molar-refractivity contribution < 1.29 is 13.2 Å². The van der Waals surface area contributed by atoms with Crippen LogP contribution in [0.3, 0.4) is 0 Å². The summed E-state index contributed by atoms with van der Waals surface area (Å²) in [4.78, 5) is 15.1. The lowest BCUT2D eigenvalue weighted by Gasteiger charge is -2.28. The highest BCUT2D eigenvalue weighted by molar-refractivity contribution is 7.92. The van der Waals surface area contributed by atoms with Gasteiger partial charge in [0.25, 0.3) is 15.9 Å². The molecule has 0 radical (unpaired) electrons. The van der Waals surface area contributed by atoms with E-state index >= 15 is 0 Å². The maximum atomic E-state index is 13.0. The monoisotopic (exact) mass is 443 g/mol. The van der Waals surface area contributed by atoms with Crippen molar-refractivity contribution in [3.8, 4) is 0 Å². The molecule has 7 heteroatoms. The van der Waals surface area contributed by atoms with Crippen molar-refractivity contribution in [1.82, 2.24) is 10.2 Å². The summed E-state index contributed by atoms with van der Waals surface area (Å²) in [6.45, 7) is 8.46. The van der Waals surface area contributed by atoms with Crippen LogP contribution >= 0.6 is 0 Å². The number of likely N-dealkylation sites (tertiary alicyclic amines) is 1. The number of rotatable bonds is 7. The summed E-state index contributed by atoms with van der Waals surface area (Å²) in [6.07, 6.45) is 3.26. The smallest absolute Gasteiger partial charge is 0.262 e. The van der Waals surface area contributed by atoms with Gasteiger partial charge in [-0.1, -0.05) is 12.1 Å². The third kappa shape index (κ3) is 6.08. The van der Waals surface area contributed by atoms with E-state index in [0.29, 0.717) is 29.3 Å². The maximum absolute atomic E-state index is 13.0. The van der Waals surface area contributed by atoms with Crippen molar-refractivity contribution in [3.63, 3.8) is 0 Å². The largest absolute Gasteiger partial charge is 0.352 e. The molecule has 1 fully saturated rings. The Bertz CT molecular complexity index is 1040. The summed E-state index contributed by atoms with van der Waals surface area (Å²) in [6, 6.07) is 10.3. The van der Waals surface area contributed by atoms with E-state index in [4.69, 9.17) is 0 Å². The second-order valence-corrected chi connectivity index (χ2v) is 10.3. The van der Waals surface area contributed by atoms with E-state index in [0.717, 1.165) is 43.5 Å². The Labute approximate surface area is 186 Å². The molecule has 1 aliphatic rings. The molecule has 1 saturated heterocycles. The lowest BCUT2D eigenvalue weighted by molar-refractivity contribution is 0.0948. The van der Waals surface area contributed by atoms with Crippen LogP contribution in [0, 0.1) is 26.7 Å². The molecule has 0 aromatic heterocycles. The van der Waals surface area contributed by atoms with Gasteiger partial charge in [0.05, 0.1) is 4.90 Å². The molecule has 3 rings (SSSR count). The van der Waals surface area contributed by atoms with Crippen LogP contribution in [0.2, 0.25) is 0 Å². The highest BCUT2D eigenvalue weighted by atomic mass is 32.2. The summed E-state index contributed by atoms with van der Waals surface area (Å²) in [5, 5.41) is 2.95. The number of hydrogen-bond donors (Lipinski definition) is 2. The van der Waals surface area contributed by atoms with Crippen LogP contribution in [0.25, 0.3) is 0 Å². The molecule has 2 aromatic carbocycles. The Morgan fingerprint density at radius 1 is 1.00 bits per heavy atom. The van der Waals surface area contributed by atoms with Gasteiger partial charge in [-0.15, -0.1) is 0 Å². The number of nitrogens with one attached hydrogen (secondary N) is 2. The predicted octanol–water partition coefficient (Wildman–Crippen LogP) is 3.87. The topological polar surface area (TPSA) is 78.5 Å². The van der Waals surface area contributed by atoms with Crippen molar-refractivity contribution in [3.05, 3.63) is 58.7 Å². The van der Waals surface area contributed by atoms with Crippen LogP contribution in [0.5, 0.6) is 0 Å². The number of carbonyl (C=O) groups excluding carboxylic acids is 1. The van der Waals surface area contributed by atoms with Gasteiger partial charge in [-0.25, -0.2) is 8.42 Å². The molecular formula is C24H33N3O3S. The van der Waals surface area contributed by atoms with Crippen molar-refractivity contribution in [2.75, 3.05) is 31.4 Å². The van der Waals surface area contributed by atoms with Gasteiger partial charge in [0, 0.05) is 17.8 Å². The van der Waals surface area contributed by atoms with Gasteiger partial charge in [-0.2, -0.15) is 0 Å². The third-order valence-electron chi connectivity index (χ3n) is 6.18. The number of anilines is 1. The lowest BCUT2D eigenvalue weighted by atomic mass is 9.94. The fraction of sp³-hybridized carbons (Fsp3) is 0.458. The average molecular weight is 444 g/mol. The lowest BCUT2D eigenvalue weighted by Crippen LogP contribution is -2.32. The van der Waals surface area contributed by atoms with E-state index in [2.05, 4.69) is 22.0 Å². The normalized spacial score (nSPS) is 15.6. The number of nitrogens with zero attached hydrogens (tertiary/aromatic N) is 1. The fourth-order valence-corrected chi connectivity index (χ4v) is 5.21. The molecule has 0 atom stereocenters. The third-order valence-corrected chi connectivity index (χ3v) is 7.70. The Hall–Kier alpha value is -2.38. The van der Waals surface area contributed by atoms with Gasteiger partial charge in [-0.3, -0.25) is 9.52 Å². The van der Waals surface area contributed by atoms with Crippen LogP contribution in [-0.2, 0) is 10.0 Å². The molecule has 31 heavy (non-hydrogen) atoms. The standard InChI is InChI=1S/C24H33N3O3S/c1-17-6-8-22(15-19(17)3)26-31(29,30)23-16-21(7-5-18(23)2)24(28)25-12-9-20-10-13-27(4)14-11-20/h5-8,15-16,20,26H,9-14H2,1-4H3,(H,25,28). The van der Waals surface area contributed by atoms with Crippen LogP contribution in [0.4, 0.5) is 5.69 Å². The van der Waals surface area contributed by atoms with Crippen LogP contribution in [0.1, 0.15) is 46.3 Å². The molecular weight excluding hydrogens is 410 g/mol. The molecule has 0 aliphatic carbocycles. The maximum Gasteiger partial charge on any atom is 0.262 e. The number of aryl methyl sites for hydroxylation is 3. The van der Waals surface area contributed by atoms with Gasteiger partial charge in [-0.05, 0) is 107 Å². The van der Waals surface area contributed by atoms with E-state index in [1.165, 1.54) is 6.07 Å². The summed E-state index contributed by atoms with van der Waals surface area (Å²) < 4.78 is 28.6. The second kappa shape index (κ2) is 9.83. The summed E-state index contributed by atoms with van der Waals surface area (Å²) in [7, 11) is -1.67. The van der Waals surface area contributed by atoms with E-state index in [-0.39, 0.29) is 10.8 Å². The minimum atomic E-state index is -3.81. The van der Waals surface area contributed by atoms with Gasteiger partial charge >= 0.3 is 0 Å². The second-order valence-electron chi connectivity index (χ2n) is 8.68. The molecule has 0 spiro atoms. The van der Waals surface area contributed by atoms with Crippen molar-refractivity contribution in [2.45, 2.75) is 44.9 Å². The average Bonchev–Trinajstić information content (AvgIpc) is 2.72. The zero-order chi connectivity index (χ0) is 22.6. The van der Waals surface area contributed by atoms with Gasteiger partial charge in [0.2, 0.25) is 0 Å². The Morgan fingerprint density at radius 2 is 1.68 bits per heavy atom. The summed E-state index contributed by atoms with van der Waals surface area (Å²) in [5.74, 6) is 0.392. The summed E-state index contributed by atoms with van der Waals surface area (Å²) in [5.41, 5.74) is 3.57. The van der Waals surface area contributed by atoms with Gasteiger partial charge < -0.3 is 10.2 Å². The Morgan fingerprint density at radius 3 is 2.35 bits per heavy atom. The first kappa shape index (κ1) is 23.3. The number of amides is 1. The highest BCUT2D eigenvalue weighted by Crippen LogP contribution is 2.23. The first-order chi connectivity index (χ1) is 14.7. The molecule has 6 nitrogen and oxygen atoms in total.